The second-order valence-corrected chi connectivity index (χ2v) is 4.53. The molecule has 0 atom stereocenters. The zero-order valence-electron chi connectivity index (χ0n) is 11.2. The van der Waals surface area contributed by atoms with E-state index in [1.807, 2.05) is 13.8 Å². The van der Waals surface area contributed by atoms with Crippen LogP contribution in [0.5, 0.6) is 0 Å². The van der Waals surface area contributed by atoms with Crippen LogP contribution >= 0.6 is 0 Å². The zero-order valence-corrected chi connectivity index (χ0v) is 11.2. The average molecular weight is 281 g/mol. The van der Waals surface area contributed by atoms with Gasteiger partial charge in [-0.15, -0.1) is 0 Å². The molecule has 0 heterocycles. The van der Waals surface area contributed by atoms with Gasteiger partial charge in [-0.1, -0.05) is 19.9 Å². The fourth-order valence-electron chi connectivity index (χ4n) is 1.29. The molecule has 1 amide bonds. The van der Waals surface area contributed by atoms with Gasteiger partial charge in [-0.05, 0) is 29.7 Å². The average Bonchev–Trinajstić information content (AvgIpc) is 2.36. The van der Waals surface area contributed by atoms with Crippen LogP contribution in [0.3, 0.4) is 0 Å². The first-order chi connectivity index (χ1) is 9.38. The van der Waals surface area contributed by atoms with Crippen molar-refractivity contribution in [1.29, 1.82) is 0 Å². The third-order valence-corrected chi connectivity index (χ3v) is 2.20. The maximum Gasteiger partial charge on any atom is 0.411 e. The van der Waals surface area contributed by atoms with Crippen molar-refractivity contribution >= 4 is 23.8 Å². The number of aliphatic carboxylic acids is 1. The maximum atomic E-state index is 13.7. The SMILES string of the molecule is CC(C)COC(=O)Nc1ccc(C=CC(=O)O)cc1F. The van der Waals surface area contributed by atoms with Gasteiger partial charge in [-0.2, -0.15) is 0 Å². The molecule has 0 saturated heterocycles. The number of hydrogen-bond acceptors (Lipinski definition) is 3. The van der Waals surface area contributed by atoms with Crippen molar-refractivity contribution in [2.45, 2.75) is 13.8 Å². The summed E-state index contributed by atoms with van der Waals surface area (Å²) in [6, 6.07) is 3.95. The van der Waals surface area contributed by atoms with Gasteiger partial charge in [-0.3, -0.25) is 5.32 Å². The molecule has 0 bridgehead atoms. The fourth-order valence-corrected chi connectivity index (χ4v) is 1.29. The van der Waals surface area contributed by atoms with Gasteiger partial charge in [0.15, 0.2) is 0 Å². The molecule has 0 unspecified atom stereocenters. The molecule has 6 heteroatoms. The Labute approximate surface area is 116 Å². The molecule has 108 valence electrons. The molecule has 0 aliphatic heterocycles. The summed E-state index contributed by atoms with van der Waals surface area (Å²) in [5.74, 6) is -1.60. The number of ether oxygens (including phenoxy) is 1. The third-order valence-electron chi connectivity index (χ3n) is 2.20. The van der Waals surface area contributed by atoms with Crippen LogP contribution < -0.4 is 5.32 Å². The summed E-state index contributed by atoms with van der Waals surface area (Å²) in [5.41, 5.74) is 0.359. The highest BCUT2D eigenvalue weighted by molar-refractivity contribution is 5.86. The first-order valence-electron chi connectivity index (χ1n) is 6.03. The first kappa shape index (κ1) is 15.7. The van der Waals surface area contributed by atoms with Gasteiger partial charge in [0.2, 0.25) is 0 Å². The number of anilines is 1. The lowest BCUT2D eigenvalue weighted by Crippen LogP contribution is -2.17. The van der Waals surface area contributed by atoms with E-state index in [9.17, 15) is 14.0 Å². The molecule has 5 nitrogen and oxygen atoms in total. The lowest BCUT2D eigenvalue weighted by atomic mass is 10.2. The van der Waals surface area contributed by atoms with Gasteiger partial charge in [0.05, 0.1) is 12.3 Å². The van der Waals surface area contributed by atoms with Crippen LogP contribution in [0.1, 0.15) is 19.4 Å². The highest BCUT2D eigenvalue weighted by Gasteiger charge is 2.08. The van der Waals surface area contributed by atoms with E-state index in [0.717, 1.165) is 12.1 Å². The Morgan fingerprint density at radius 3 is 2.70 bits per heavy atom. The number of rotatable bonds is 5. The lowest BCUT2D eigenvalue weighted by Gasteiger charge is -2.09. The molecule has 1 aromatic carbocycles. The molecule has 0 saturated carbocycles. The van der Waals surface area contributed by atoms with Crippen LogP contribution in [0, 0.1) is 11.7 Å². The Bertz CT molecular complexity index is 526. The lowest BCUT2D eigenvalue weighted by molar-refractivity contribution is -0.131. The summed E-state index contributed by atoms with van der Waals surface area (Å²) >= 11 is 0. The number of carboxylic acids is 1. The van der Waals surface area contributed by atoms with E-state index in [1.165, 1.54) is 18.2 Å². The maximum absolute atomic E-state index is 13.7. The van der Waals surface area contributed by atoms with Crippen molar-refractivity contribution in [3.05, 3.63) is 35.7 Å². The normalized spacial score (nSPS) is 10.8. The van der Waals surface area contributed by atoms with Crippen LogP contribution in [-0.4, -0.2) is 23.8 Å². The van der Waals surface area contributed by atoms with E-state index in [4.69, 9.17) is 9.84 Å². The van der Waals surface area contributed by atoms with Crippen LogP contribution in [0.4, 0.5) is 14.9 Å². The van der Waals surface area contributed by atoms with Gasteiger partial charge >= 0.3 is 12.1 Å². The summed E-state index contributed by atoms with van der Waals surface area (Å²) in [6.07, 6.45) is 1.43. The Hall–Kier alpha value is -2.37. The summed E-state index contributed by atoms with van der Waals surface area (Å²) in [5, 5.41) is 10.7. The van der Waals surface area contributed by atoms with E-state index in [1.54, 1.807) is 0 Å². The van der Waals surface area contributed by atoms with E-state index in [2.05, 4.69) is 5.32 Å². The number of carbonyl (C=O) groups is 2. The Morgan fingerprint density at radius 2 is 2.15 bits per heavy atom. The van der Waals surface area contributed by atoms with E-state index in [0.29, 0.717) is 5.56 Å². The Morgan fingerprint density at radius 1 is 1.45 bits per heavy atom. The van der Waals surface area contributed by atoms with Gasteiger partial charge in [-0.25, -0.2) is 14.0 Å². The predicted octanol–water partition coefficient (Wildman–Crippen LogP) is 3.13. The molecule has 0 fully saturated rings. The van der Waals surface area contributed by atoms with Crippen LogP contribution in [0.15, 0.2) is 24.3 Å². The molecule has 20 heavy (non-hydrogen) atoms. The molecule has 0 aromatic heterocycles. The molecular formula is C14H16FNO4. The van der Waals surface area contributed by atoms with Gasteiger partial charge < -0.3 is 9.84 Å². The van der Waals surface area contributed by atoms with E-state index >= 15 is 0 Å². The minimum atomic E-state index is -1.12. The second-order valence-electron chi connectivity index (χ2n) is 4.53. The van der Waals surface area contributed by atoms with Crippen LogP contribution in [-0.2, 0) is 9.53 Å². The summed E-state index contributed by atoms with van der Waals surface area (Å²) < 4.78 is 18.5. The Balaban J connectivity index is 2.68. The molecular weight excluding hydrogens is 265 g/mol. The first-order valence-corrected chi connectivity index (χ1v) is 6.03. The standard InChI is InChI=1S/C14H16FNO4/c1-9(2)8-20-14(19)16-12-5-3-10(7-11(12)15)4-6-13(17)18/h3-7,9H,8H2,1-2H3,(H,16,19)(H,17,18). The highest BCUT2D eigenvalue weighted by atomic mass is 19.1. The highest BCUT2D eigenvalue weighted by Crippen LogP contribution is 2.17. The predicted molar refractivity (Wildman–Crippen MR) is 72.9 cm³/mol. The minimum absolute atomic E-state index is 0.0220. The van der Waals surface area contributed by atoms with Gasteiger partial charge in [0.25, 0.3) is 0 Å². The number of halogens is 1. The van der Waals surface area contributed by atoms with Crippen molar-refractivity contribution in [3.8, 4) is 0 Å². The van der Waals surface area contributed by atoms with Crippen molar-refractivity contribution < 1.29 is 23.8 Å². The molecule has 2 N–H and O–H groups in total. The monoisotopic (exact) mass is 281 g/mol. The number of benzene rings is 1. The summed E-state index contributed by atoms with van der Waals surface area (Å²) in [4.78, 5) is 21.7. The largest absolute Gasteiger partial charge is 0.478 e. The van der Waals surface area contributed by atoms with Crippen molar-refractivity contribution in [2.75, 3.05) is 11.9 Å². The molecule has 0 spiro atoms. The number of hydrogen-bond donors (Lipinski definition) is 2. The van der Waals surface area contributed by atoms with Gasteiger partial charge in [0.1, 0.15) is 5.82 Å². The topological polar surface area (TPSA) is 75.6 Å². The number of carboxylic acid groups (broad SMARTS) is 1. The van der Waals surface area contributed by atoms with Crippen molar-refractivity contribution in [2.24, 2.45) is 5.92 Å². The van der Waals surface area contributed by atoms with Crippen molar-refractivity contribution in [1.82, 2.24) is 0 Å². The Kier molecular flexibility index (Phi) is 5.71. The quantitative estimate of drug-likeness (QED) is 0.813. The number of amides is 1. The zero-order chi connectivity index (χ0) is 15.1. The molecule has 0 aliphatic carbocycles. The summed E-state index contributed by atoms with van der Waals surface area (Å²) in [6.45, 7) is 4.02. The minimum Gasteiger partial charge on any atom is -0.478 e. The molecule has 0 aliphatic rings. The molecule has 1 aromatic rings. The molecule has 0 radical (unpaired) electrons. The van der Waals surface area contributed by atoms with E-state index < -0.39 is 17.9 Å². The summed E-state index contributed by atoms with van der Waals surface area (Å²) in [7, 11) is 0. The third kappa shape index (κ3) is 5.51. The smallest absolute Gasteiger partial charge is 0.411 e. The second kappa shape index (κ2) is 7.28. The van der Waals surface area contributed by atoms with Gasteiger partial charge in [0, 0.05) is 6.08 Å². The fraction of sp³-hybridized carbons (Fsp3) is 0.286. The van der Waals surface area contributed by atoms with Crippen LogP contribution in [0.2, 0.25) is 0 Å². The molecule has 1 rings (SSSR count). The van der Waals surface area contributed by atoms with Crippen LogP contribution in [0.25, 0.3) is 6.08 Å². The van der Waals surface area contributed by atoms with E-state index in [-0.39, 0.29) is 18.2 Å². The van der Waals surface area contributed by atoms with Crippen molar-refractivity contribution in [3.63, 3.8) is 0 Å². The number of nitrogens with one attached hydrogen (secondary N) is 1. The number of carbonyl (C=O) groups excluding carboxylic acids is 1.